The van der Waals surface area contributed by atoms with Crippen LogP contribution in [0.4, 0.5) is 23.2 Å². The normalized spacial score (nSPS) is 11.9. The van der Waals surface area contributed by atoms with Gasteiger partial charge in [-0.2, -0.15) is 13.2 Å². The van der Waals surface area contributed by atoms with Gasteiger partial charge >= 0.3 is 6.18 Å². The largest absolute Gasteiger partial charge is 0.416 e. The van der Waals surface area contributed by atoms with Crippen LogP contribution in [0.3, 0.4) is 0 Å². The van der Waals surface area contributed by atoms with Crippen molar-refractivity contribution in [3.05, 3.63) is 94.9 Å². The summed E-state index contributed by atoms with van der Waals surface area (Å²) in [5.41, 5.74) is 3.42. The lowest BCUT2D eigenvalue weighted by Gasteiger charge is -2.12. The minimum atomic E-state index is -4.51. The minimum Gasteiger partial charge on any atom is -0.332 e. The van der Waals surface area contributed by atoms with Crippen LogP contribution in [0.1, 0.15) is 21.6 Å². The molecule has 0 saturated heterocycles. The van der Waals surface area contributed by atoms with E-state index in [0.29, 0.717) is 16.8 Å². The number of amides is 1. The van der Waals surface area contributed by atoms with Gasteiger partial charge in [0.05, 0.1) is 21.3 Å². The first-order valence-corrected chi connectivity index (χ1v) is 10.8. The van der Waals surface area contributed by atoms with Gasteiger partial charge in [0.1, 0.15) is 11.5 Å². The Morgan fingerprint density at radius 2 is 1.88 bits per heavy atom. The van der Waals surface area contributed by atoms with Crippen LogP contribution >= 0.6 is 11.3 Å². The molecule has 0 aliphatic carbocycles. The molecule has 1 amide bonds. The molecule has 2 aromatic heterocycles. The zero-order valence-corrected chi connectivity index (χ0v) is 17.7. The summed E-state index contributed by atoms with van der Waals surface area (Å²) >= 11 is 1.43. The molecule has 0 radical (unpaired) electrons. The van der Waals surface area contributed by atoms with Crippen molar-refractivity contribution in [2.45, 2.75) is 12.7 Å². The molecular formula is C24H15F4N3OS. The third-order valence-corrected chi connectivity index (χ3v) is 6.07. The highest BCUT2D eigenvalue weighted by Crippen LogP contribution is 2.33. The Kier molecular flexibility index (Phi) is 5.13. The van der Waals surface area contributed by atoms with Crippen LogP contribution < -0.4 is 5.32 Å². The Balaban J connectivity index is 1.57. The average molecular weight is 469 g/mol. The number of alkyl halides is 3. The number of thiazole rings is 1. The second kappa shape index (κ2) is 8.00. The zero-order chi connectivity index (χ0) is 23.2. The highest BCUT2D eigenvalue weighted by Gasteiger charge is 2.31. The topological polar surface area (TPSA) is 46.9 Å². The molecule has 0 aliphatic heterocycles. The van der Waals surface area contributed by atoms with Crippen molar-refractivity contribution in [2.75, 3.05) is 5.32 Å². The molecule has 3 aromatic carbocycles. The van der Waals surface area contributed by atoms with Gasteiger partial charge in [-0.3, -0.25) is 4.79 Å². The number of carbonyl (C=O) groups is 1. The molecule has 2 heterocycles. The summed E-state index contributed by atoms with van der Waals surface area (Å²) in [6, 6.07) is 15.9. The molecule has 0 fully saturated rings. The number of carbonyl (C=O) groups excluding carboxylic acids is 1. The molecular weight excluding hydrogens is 454 g/mol. The summed E-state index contributed by atoms with van der Waals surface area (Å²) in [5, 5.41) is 3.07. The summed E-state index contributed by atoms with van der Waals surface area (Å²) in [4.78, 5) is 17.4. The number of rotatable bonds is 4. The Morgan fingerprint density at radius 3 is 2.67 bits per heavy atom. The Labute approximate surface area is 189 Å². The summed E-state index contributed by atoms with van der Waals surface area (Å²) < 4.78 is 55.9. The molecule has 0 aliphatic rings. The van der Waals surface area contributed by atoms with Crippen LogP contribution in [0.5, 0.6) is 0 Å². The van der Waals surface area contributed by atoms with E-state index in [4.69, 9.17) is 0 Å². The molecule has 1 N–H and O–H groups in total. The van der Waals surface area contributed by atoms with Crippen LogP contribution in [0.15, 0.2) is 72.2 Å². The average Bonchev–Trinajstić information content (AvgIpc) is 3.37. The molecule has 166 valence electrons. The third-order valence-electron chi connectivity index (χ3n) is 5.28. The van der Waals surface area contributed by atoms with E-state index in [-0.39, 0.29) is 17.6 Å². The predicted octanol–water partition coefficient (Wildman–Crippen LogP) is 6.71. The van der Waals surface area contributed by atoms with E-state index in [1.807, 2.05) is 0 Å². The van der Waals surface area contributed by atoms with Gasteiger partial charge in [0, 0.05) is 23.1 Å². The van der Waals surface area contributed by atoms with Gasteiger partial charge < -0.3 is 9.88 Å². The van der Waals surface area contributed by atoms with Crippen molar-refractivity contribution >= 4 is 44.1 Å². The third kappa shape index (κ3) is 4.19. The van der Waals surface area contributed by atoms with Crippen molar-refractivity contribution in [2.24, 2.45) is 0 Å². The maximum absolute atomic E-state index is 13.7. The van der Waals surface area contributed by atoms with E-state index in [0.717, 1.165) is 22.3 Å². The van der Waals surface area contributed by atoms with Gasteiger partial charge in [-0.15, -0.1) is 11.3 Å². The highest BCUT2D eigenvalue weighted by molar-refractivity contribution is 7.16. The van der Waals surface area contributed by atoms with Crippen molar-refractivity contribution in [3.8, 4) is 0 Å². The molecule has 5 aromatic rings. The van der Waals surface area contributed by atoms with Crippen LogP contribution in [0, 0.1) is 5.82 Å². The zero-order valence-electron chi connectivity index (χ0n) is 16.9. The maximum Gasteiger partial charge on any atom is 0.416 e. The number of hydrogen-bond donors (Lipinski definition) is 1. The highest BCUT2D eigenvalue weighted by atomic mass is 32.1. The molecule has 4 nitrogen and oxygen atoms in total. The minimum absolute atomic E-state index is 0.114. The van der Waals surface area contributed by atoms with E-state index in [1.165, 1.54) is 35.6 Å². The van der Waals surface area contributed by atoms with Crippen molar-refractivity contribution in [1.82, 2.24) is 9.55 Å². The van der Waals surface area contributed by atoms with E-state index in [1.54, 1.807) is 40.4 Å². The summed E-state index contributed by atoms with van der Waals surface area (Å²) in [6.07, 6.45) is -4.51. The Morgan fingerprint density at radius 1 is 1.03 bits per heavy atom. The molecule has 0 unspecified atom stereocenters. The summed E-state index contributed by atoms with van der Waals surface area (Å²) in [5.74, 6) is -0.924. The van der Waals surface area contributed by atoms with E-state index in [9.17, 15) is 22.4 Å². The number of nitrogens with zero attached hydrogens (tertiary/aromatic N) is 2. The second-order valence-corrected chi connectivity index (χ2v) is 8.39. The van der Waals surface area contributed by atoms with Gasteiger partial charge in [0.25, 0.3) is 5.91 Å². The number of aromatic nitrogens is 2. The summed E-state index contributed by atoms with van der Waals surface area (Å²) in [7, 11) is 0. The van der Waals surface area contributed by atoms with E-state index < -0.39 is 23.5 Å². The van der Waals surface area contributed by atoms with E-state index in [2.05, 4.69) is 10.3 Å². The summed E-state index contributed by atoms with van der Waals surface area (Å²) in [6.45, 7) is 0.114. The molecule has 0 spiro atoms. The first kappa shape index (κ1) is 21.1. The fourth-order valence-corrected chi connectivity index (χ4v) is 4.47. The lowest BCUT2D eigenvalue weighted by Crippen LogP contribution is -2.17. The van der Waals surface area contributed by atoms with Crippen molar-refractivity contribution < 1.29 is 22.4 Å². The quantitative estimate of drug-likeness (QED) is 0.298. The van der Waals surface area contributed by atoms with Gasteiger partial charge in [-0.25, -0.2) is 9.37 Å². The molecule has 0 bridgehead atoms. The predicted molar refractivity (Wildman–Crippen MR) is 120 cm³/mol. The monoisotopic (exact) mass is 469 g/mol. The molecule has 5 rings (SSSR count). The standard InChI is InChI=1S/C24H15F4N3OS/c25-17-3-1-2-14(8-17)12-31-20-7-4-16(24(26,27)28)9-15(20)10-21(31)23(32)30-18-5-6-19-22(11-18)33-13-29-19/h1-11,13H,12H2,(H,30,32). The van der Waals surface area contributed by atoms with Crippen molar-refractivity contribution in [3.63, 3.8) is 0 Å². The van der Waals surface area contributed by atoms with Gasteiger partial charge in [-0.1, -0.05) is 12.1 Å². The number of benzene rings is 3. The fourth-order valence-electron chi connectivity index (χ4n) is 3.75. The Hall–Kier alpha value is -3.72. The number of halogens is 4. The van der Waals surface area contributed by atoms with Crippen LogP contribution in [-0.2, 0) is 12.7 Å². The lowest BCUT2D eigenvalue weighted by molar-refractivity contribution is -0.137. The fraction of sp³-hybridized carbons (Fsp3) is 0.0833. The second-order valence-electron chi connectivity index (χ2n) is 7.51. The smallest absolute Gasteiger partial charge is 0.332 e. The molecule has 0 atom stereocenters. The van der Waals surface area contributed by atoms with E-state index >= 15 is 0 Å². The maximum atomic E-state index is 13.7. The van der Waals surface area contributed by atoms with Crippen LogP contribution in [-0.4, -0.2) is 15.5 Å². The number of anilines is 1. The Bertz CT molecular complexity index is 1500. The first-order chi connectivity index (χ1) is 15.8. The number of hydrogen-bond acceptors (Lipinski definition) is 3. The number of fused-ring (bicyclic) bond motifs is 2. The van der Waals surface area contributed by atoms with Crippen LogP contribution in [0.2, 0.25) is 0 Å². The SMILES string of the molecule is O=C(Nc1ccc2ncsc2c1)c1cc2cc(C(F)(F)F)ccc2n1Cc1cccc(F)c1. The molecule has 9 heteroatoms. The van der Waals surface area contributed by atoms with Gasteiger partial charge in [0.15, 0.2) is 0 Å². The van der Waals surface area contributed by atoms with Gasteiger partial charge in [-0.05, 0) is 60.2 Å². The lowest BCUT2D eigenvalue weighted by atomic mass is 10.1. The molecule has 0 saturated carbocycles. The van der Waals surface area contributed by atoms with Crippen LogP contribution in [0.25, 0.3) is 21.1 Å². The molecule has 33 heavy (non-hydrogen) atoms. The first-order valence-electron chi connectivity index (χ1n) is 9.87. The number of nitrogens with one attached hydrogen (secondary N) is 1. The van der Waals surface area contributed by atoms with Gasteiger partial charge in [0.2, 0.25) is 0 Å². The van der Waals surface area contributed by atoms with Crippen molar-refractivity contribution in [1.29, 1.82) is 0 Å².